The Bertz CT molecular complexity index is 446. The van der Waals surface area contributed by atoms with Gasteiger partial charge in [-0.3, -0.25) is 9.59 Å². The molecule has 0 bridgehead atoms. The van der Waals surface area contributed by atoms with Crippen molar-refractivity contribution in [3.63, 3.8) is 0 Å². The number of carbonyl (C=O) groups excluding carboxylic acids is 1. The van der Waals surface area contributed by atoms with Gasteiger partial charge in [0.15, 0.2) is 5.43 Å². The summed E-state index contributed by atoms with van der Waals surface area (Å²) < 4.78 is 0. The first-order valence-electron chi connectivity index (χ1n) is 5.06. The van der Waals surface area contributed by atoms with E-state index >= 15 is 0 Å². The predicted molar refractivity (Wildman–Crippen MR) is 56.9 cm³/mol. The number of hydrogen-bond acceptors (Lipinski definition) is 2. The van der Waals surface area contributed by atoms with Crippen molar-refractivity contribution in [2.24, 2.45) is 0 Å². The lowest BCUT2D eigenvalue weighted by Gasteiger charge is -2.15. The van der Waals surface area contributed by atoms with E-state index in [1.807, 2.05) is 0 Å². The van der Waals surface area contributed by atoms with E-state index in [2.05, 4.69) is 4.98 Å². The number of nitrogens with zero attached hydrogens (tertiary/aromatic N) is 1. The van der Waals surface area contributed by atoms with Gasteiger partial charge in [0.2, 0.25) is 0 Å². The van der Waals surface area contributed by atoms with E-state index in [9.17, 15) is 9.59 Å². The predicted octanol–water partition coefficient (Wildman–Crippen LogP) is 0.918. The number of pyridine rings is 1. The van der Waals surface area contributed by atoms with Crippen LogP contribution >= 0.6 is 0 Å². The van der Waals surface area contributed by atoms with Crippen molar-refractivity contribution in [3.8, 4) is 0 Å². The minimum atomic E-state index is -0.205. The van der Waals surface area contributed by atoms with Gasteiger partial charge in [-0.2, -0.15) is 0 Å². The maximum absolute atomic E-state index is 11.9. The van der Waals surface area contributed by atoms with Crippen molar-refractivity contribution in [1.82, 2.24) is 9.88 Å². The zero-order valence-electron chi connectivity index (χ0n) is 8.91. The van der Waals surface area contributed by atoms with Crippen LogP contribution in [0.5, 0.6) is 0 Å². The van der Waals surface area contributed by atoms with Gasteiger partial charge in [-0.15, -0.1) is 0 Å². The summed E-state index contributed by atoms with van der Waals surface area (Å²) in [5.41, 5.74) is 0.796. The molecule has 0 spiro atoms. The summed E-state index contributed by atoms with van der Waals surface area (Å²) in [6.45, 7) is 1.79. The van der Waals surface area contributed by atoms with Gasteiger partial charge in [0, 0.05) is 31.0 Å². The fraction of sp³-hybridized carbons (Fsp3) is 0.455. The standard InChI is InChI=1S/C11H14N2O2/c1-7-5-10(14)9(6-12-7)11(15)13(2)8-3-4-8/h5-6,8H,3-4H2,1-2H3,(H,12,14). The largest absolute Gasteiger partial charge is 0.364 e. The fourth-order valence-corrected chi connectivity index (χ4v) is 1.56. The van der Waals surface area contributed by atoms with E-state index in [0.29, 0.717) is 6.04 Å². The van der Waals surface area contributed by atoms with Crippen LogP contribution in [0.15, 0.2) is 17.1 Å². The van der Waals surface area contributed by atoms with Crippen molar-refractivity contribution in [1.29, 1.82) is 0 Å². The van der Waals surface area contributed by atoms with E-state index in [1.165, 1.54) is 12.3 Å². The molecule has 1 N–H and O–H groups in total. The third-order valence-electron chi connectivity index (χ3n) is 2.70. The first-order chi connectivity index (χ1) is 7.09. The SMILES string of the molecule is Cc1cc(=O)c(C(=O)N(C)C2CC2)c[nH]1. The number of carbonyl (C=O) groups is 1. The molecule has 0 atom stereocenters. The Hall–Kier alpha value is -1.58. The molecule has 15 heavy (non-hydrogen) atoms. The van der Waals surface area contributed by atoms with Crippen LogP contribution in [0.25, 0.3) is 0 Å². The number of amides is 1. The van der Waals surface area contributed by atoms with Crippen LogP contribution < -0.4 is 5.43 Å². The maximum Gasteiger partial charge on any atom is 0.259 e. The van der Waals surface area contributed by atoms with Crippen molar-refractivity contribution in [2.45, 2.75) is 25.8 Å². The van der Waals surface area contributed by atoms with Crippen molar-refractivity contribution in [2.75, 3.05) is 7.05 Å². The molecular weight excluding hydrogens is 192 g/mol. The highest BCUT2D eigenvalue weighted by Crippen LogP contribution is 2.26. The summed E-state index contributed by atoms with van der Waals surface area (Å²) in [6.07, 6.45) is 3.59. The van der Waals surface area contributed by atoms with E-state index in [1.54, 1.807) is 18.9 Å². The van der Waals surface area contributed by atoms with Gasteiger partial charge >= 0.3 is 0 Å². The third kappa shape index (κ3) is 1.93. The minimum absolute atomic E-state index is 0.182. The van der Waals surface area contributed by atoms with Gasteiger partial charge in [0.25, 0.3) is 5.91 Å². The molecule has 1 amide bonds. The normalized spacial score (nSPS) is 15.1. The summed E-state index contributed by atoms with van der Waals surface area (Å²) in [5, 5.41) is 0. The molecule has 80 valence electrons. The quantitative estimate of drug-likeness (QED) is 0.782. The van der Waals surface area contributed by atoms with Gasteiger partial charge < -0.3 is 9.88 Å². The average Bonchev–Trinajstić information content (AvgIpc) is 2.99. The molecule has 1 saturated carbocycles. The fourth-order valence-electron chi connectivity index (χ4n) is 1.56. The van der Waals surface area contributed by atoms with E-state index in [-0.39, 0.29) is 16.9 Å². The number of aromatic amines is 1. The average molecular weight is 206 g/mol. The highest BCUT2D eigenvalue weighted by atomic mass is 16.2. The molecule has 0 unspecified atom stereocenters. The number of hydrogen-bond donors (Lipinski definition) is 1. The van der Waals surface area contributed by atoms with Gasteiger partial charge in [0.1, 0.15) is 5.56 Å². The number of rotatable bonds is 2. The van der Waals surface area contributed by atoms with Crippen molar-refractivity contribution >= 4 is 5.91 Å². The molecule has 2 rings (SSSR count). The van der Waals surface area contributed by atoms with Crippen LogP contribution in [0.4, 0.5) is 0 Å². The molecule has 1 aliphatic carbocycles. The van der Waals surface area contributed by atoms with Crippen molar-refractivity contribution < 1.29 is 4.79 Å². The molecule has 1 heterocycles. The lowest BCUT2D eigenvalue weighted by atomic mass is 10.2. The summed E-state index contributed by atoms with van der Waals surface area (Å²) in [7, 11) is 1.75. The second-order valence-corrected chi connectivity index (χ2v) is 4.04. The Morgan fingerprint density at radius 2 is 2.20 bits per heavy atom. The highest BCUT2D eigenvalue weighted by Gasteiger charge is 2.30. The van der Waals surface area contributed by atoms with Crippen LogP contribution in [-0.4, -0.2) is 28.9 Å². The molecule has 1 fully saturated rings. The van der Waals surface area contributed by atoms with E-state index in [4.69, 9.17) is 0 Å². The van der Waals surface area contributed by atoms with Crippen molar-refractivity contribution in [3.05, 3.63) is 33.7 Å². The Morgan fingerprint density at radius 1 is 1.53 bits per heavy atom. The molecule has 4 nitrogen and oxygen atoms in total. The lowest BCUT2D eigenvalue weighted by Crippen LogP contribution is -2.32. The van der Waals surface area contributed by atoms with Crippen LogP contribution in [-0.2, 0) is 0 Å². The second kappa shape index (κ2) is 3.53. The molecule has 0 radical (unpaired) electrons. The molecule has 1 aromatic rings. The molecule has 4 heteroatoms. The molecule has 0 aromatic carbocycles. The maximum atomic E-state index is 11.9. The molecule has 0 saturated heterocycles. The Labute approximate surface area is 87.9 Å². The Kier molecular flexibility index (Phi) is 2.34. The van der Waals surface area contributed by atoms with Gasteiger partial charge in [0.05, 0.1) is 0 Å². The van der Waals surface area contributed by atoms with E-state index < -0.39 is 0 Å². The molecular formula is C11H14N2O2. The lowest BCUT2D eigenvalue weighted by molar-refractivity contribution is 0.0783. The summed E-state index contributed by atoms with van der Waals surface area (Å²) in [4.78, 5) is 28.0. The smallest absolute Gasteiger partial charge is 0.259 e. The van der Waals surface area contributed by atoms with Gasteiger partial charge in [-0.25, -0.2) is 0 Å². The summed E-state index contributed by atoms with van der Waals surface area (Å²) in [6, 6.07) is 1.78. The number of aryl methyl sites for hydroxylation is 1. The van der Waals surface area contributed by atoms with Gasteiger partial charge in [-0.1, -0.05) is 0 Å². The topological polar surface area (TPSA) is 53.2 Å². The summed E-state index contributed by atoms with van der Waals surface area (Å²) in [5.74, 6) is -0.182. The number of aromatic nitrogens is 1. The first-order valence-corrected chi connectivity index (χ1v) is 5.06. The highest BCUT2D eigenvalue weighted by molar-refractivity contribution is 5.94. The Morgan fingerprint density at radius 3 is 2.73 bits per heavy atom. The second-order valence-electron chi connectivity index (χ2n) is 4.04. The van der Waals surface area contributed by atoms with Crippen LogP contribution in [0.3, 0.4) is 0 Å². The first kappa shape index (κ1) is 9.96. The summed E-state index contributed by atoms with van der Waals surface area (Å²) >= 11 is 0. The van der Waals surface area contributed by atoms with Crippen LogP contribution in [0.2, 0.25) is 0 Å². The number of nitrogens with one attached hydrogen (secondary N) is 1. The minimum Gasteiger partial charge on any atom is -0.364 e. The van der Waals surface area contributed by atoms with Crippen LogP contribution in [0.1, 0.15) is 28.9 Å². The molecule has 0 aliphatic heterocycles. The number of H-pyrrole nitrogens is 1. The zero-order valence-corrected chi connectivity index (χ0v) is 8.91. The van der Waals surface area contributed by atoms with E-state index in [0.717, 1.165) is 18.5 Å². The monoisotopic (exact) mass is 206 g/mol. The zero-order chi connectivity index (χ0) is 11.0. The van der Waals surface area contributed by atoms with Crippen LogP contribution in [0, 0.1) is 6.92 Å². The molecule has 1 aromatic heterocycles. The third-order valence-corrected chi connectivity index (χ3v) is 2.70. The van der Waals surface area contributed by atoms with Gasteiger partial charge in [-0.05, 0) is 19.8 Å². The molecule has 1 aliphatic rings. The Balaban J connectivity index is 2.28.